The van der Waals surface area contributed by atoms with Gasteiger partial charge in [-0.2, -0.15) is 0 Å². The van der Waals surface area contributed by atoms with Gasteiger partial charge in [0.2, 0.25) is 0 Å². The third-order valence-electron chi connectivity index (χ3n) is 6.68. The first-order valence-electron chi connectivity index (χ1n) is 11.0. The fraction of sp³-hybridized carbons (Fsp3) is 0. The minimum atomic E-state index is 0.920. The van der Waals surface area contributed by atoms with Crippen LogP contribution in [0.4, 0.5) is 0 Å². The lowest BCUT2D eigenvalue weighted by Crippen LogP contribution is -1.94. The van der Waals surface area contributed by atoms with Crippen LogP contribution in [-0.4, -0.2) is 9.55 Å². The average molecular weight is 441 g/mol. The van der Waals surface area contributed by atoms with Crippen molar-refractivity contribution >= 4 is 75.3 Å². The molecule has 0 spiro atoms. The van der Waals surface area contributed by atoms with Crippen LogP contribution in [0.25, 0.3) is 69.6 Å². The molecule has 8 aromatic rings. The Morgan fingerprint density at radius 2 is 1.39 bits per heavy atom. The van der Waals surface area contributed by atoms with Crippen LogP contribution >= 0.6 is 11.3 Å². The van der Waals surface area contributed by atoms with Gasteiger partial charge in [0, 0.05) is 54.4 Å². The average Bonchev–Trinajstić information content (AvgIpc) is 3.53. The molecule has 3 nitrogen and oxygen atoms in total. The summed E-state index contributed by atoms with van der Waals surface area (Å²) in [6, 6.07) is 29.9. The highest BCUT2D eigenvalue weighted by molar-refractivity contribution is 7.27. The number of hydrogen-bond donors (Lipinski definition) is 0. The molecule has 0 atom stereocenters. The number of hydrogen-bond acceptors (Lipinski definition) is 3. The summed E-state index contributed by atoms with van der Waals surface area (Å²) in [6.07, 6.45) is 3.72. The first-order chi connectivity index (χ1) is 16.4. The van der Waals surface area contributed by atoms with E-state index in [1.54, 1.807) is 0 Å². The Bertz CT molecular complexity index is 2000. The number of para-hydroxylation sites is 2. The van der Waals surface area contributed by atoms with Gasteiger partial charge >= 0.3 is 0 Å². The van der Waals surface area contributed by atoms with E-state index in [0.29, 0.717) is 0 Å². The van der Waals surface area contributed by atoms with Crippen molar-refractivity contribution in [3.05, 3.63) is 97.3 Å². The van der Waals surface area contributed by atoms with Crippen molar-refractivity contribution in [3.8, 4) is 5.69 Å². The maximum atomic E-state index is 6.61. The summed E-state index contributed by atoms with van der Waals surface area (Å²) in [7, 11) is 0. The second kappa shape index (κ2) is 6.21. The minimum absolute atomic E-state index is 0.920. The summed E-state index contributed by atoms with van der Waals surface area (Å²) >= 11 is 1.85. The van der Waals surface area contributed by atoms with Gasteiger partial charge in [-0.05, 0) is 30.3 Å². The Kier molecular flexibility index (Phi) is 3.28. The van der Waals surface area contributed by atoms with E-state index in [0.717, 1.165) is 22.2 Å². The van der Waals surface area contributed by atoms with Crippen molar-refractivity contribution in [2.75, 3.05) is 0 Å². The van der Waals surface area contributed by atoms with Crippen LogP contribution in [0.5, 0.6) is 0 Å². The van der Waals surface area contributed by atoms with Crippen molar-refractivity contribution in [1.29, 1.82) is 0 Å². The summed E-state index contributed by atoms with van der Waals surface area (Å²) in [5, 5.41) is 7.33. The second-order valence-electron chi connectivity index (χ2n) is 8.39. The van der Waals surface area contributed by atoms with Gasteiger partial charge in [0.05, 0.1) is 16.4 Å². The highest BCUT2D eigenvalue weighted by atomic mass is 32.1. The molecule has 0 fully saturated rings. The quantitative estimate of drug-likeness (QED) is 0.256. The van der Waals surface area contributed by atoms with Gasteiger partial charge in [-0.3, -0.25) is 4.98 Å². The van der Waals surface area contributed by atoms with Crippen molar-refractivity contribution in [2.24, 2.45) is 0 Å². The Labute approximate surface area is 192 Å². The molecule has 0 unspecified atom stereocenters. The standard InChI is InChI=1S/C29H16N2OS/c1-4-10-21-18(7-1)25-27(31(21)17-13-15-30-16-14-17)24-19-8-2-5-11-22(19)32-28(24)26-20-9-3-6-12-23(20)33-29(25)26/h1-16H. The summed E-state index contributed by atoms with van der Waals surface area (Å²) in [6.45, 7) is 0. The molecule has 0 aliphatic carbocycles. The highest BCUT2D eigenvalue weighted by Gasteiger charge is 2.24. The third-order valence-corrected chi connectivity index (χ3v) is 7.87. The van der Waals surface area contributed by atoms with Gasteiger partial charge in [0.25, 0.3) is 0 Å². The molecule has 0 radical (unpaired) electrons. The van der Waals surface area contributed by atoms with Gasteiger partial charge in [0.15, 0.2) is 0 Å². The SMILES string of the molecule is c1ccc2c(c1)oc1c3c4ccccc4sc3c3c4ccccc4n(-c4ccncc4)c3c21. The fourth-order valence-corrected chi connectivity index (χ4v) is 6.63. The van der Waals surface area contributed by atoms with Crippen LogP contribution in [0.3, 0.4) is 0 Å². The number of furan rings is 1. The number of thiophene rings is 1. The van der Waals surface area contributed by atoms with E-state index in [1.807, 2.05) is 29.8 Å². The number of benzene rings is 4. The summed E-state index contributed by atoms with van der Waals surface area (Å²) < 4.78 is 11.5. The van der Waals surface area contributed by atoms with Crippen molar-refractivity contribution < 1.29 is 4.42 Å². The van der Waals surface area contributed by atoms with Crippen LogP contribution < -0.4 is 0 Å². The van der Waals surface area contributed by atoms with Gasteiger partial charge < -0.3 is 8.98 Å². The summed E-state index contributed by atoms with van der Waals surface area (Å²) in [5.41, 5.74) is 5.37. The molecule has 0 amide bonds. The van der Waals surface area contributed by atoms with E-state index in [9.17, 15) is 0 Å². The monoisotopic (exact) mass is 440 g/mol. The Morgan fingerprint density at radius 1 is 0.667 bits per heavy atom. The molecule has 0 saturated heterocycles. The van der Waals surface area contributed by atoms with Crippen LogP contribution in [0.15, 0.2) is 102 Å². The zero-order valence-electron chi connectivity index (χ0n) is 17.4. The molecule has 0 bridgehead atoms. The molecule has 33 heavy (non-hydrogen) atoms. The Morgan fingerprint density at radius 3 is 2.27 bits per heavy atom. The first kappa shape index (κ1) is 17.4. The Hall–Kier alpha value is -4.15. The molecule has 0 saturated carbocycles. The number of aromatic nitrogens is 2. The molecular formula is C29H16N2OS. The normalized spacial score (nSPS) is 12.2. The third kappa shape index (κ3) is 2.16. The molecular weight excluding hydrogens is 424 g/mol. The molecule has 154 valence electrons. The van der Waals surface area contributed by atoms with Crippen molar-refractivity contribution in [2.45, 2.75) is 0 Å². The van der Waals surface area contributed by atoms with E-state index in [4.69, 9.17) is 4.42 Å². The smallest absolute Gasteiger partial charge is 0.146 e. The maximum absolute atomic E-state index is 6.61. The van der Waals surface area contributed by atoms with Gasteiger partial charge in [0.1, 0.15) is 11.2 Å². The molecule has 8 rings (SSSR count). The number of rotatable bonds is 1. The van der Waals surface area contributed by atoms with Gasteiger partial charge in [-0.15, -0.1) is 11.3 Å². The maximum Gasteiger partial charge on any atom is 0.146 e. The topological polar surface area (TPSA) is 31.0 Å². The predicted octanol–water partition coefficient (Wildman–Crippen LogP) is 8.45. The van der Waals surface area contributed by atoms with Crippen LogP contribution in [0, 0.1) is 0 Å². The van der Waals surface area contributed by atoms with E-state index in [-0.39, 0.29) is 0 Å². The van der Waals surface area contributed by atoms with E-state index in [2.05, 4.69) is 88.4 Å². The predicted molar refractivity (Wildman–Crippen MR) is 139 cm³/mol. The second-order valence-corrected chi connectivity index (χ2v) is 9.44. The fourth-order valence-electron chi connectivity index (χ4n) is 5.37. The zero-order chi connectivity index (χ0) is 21.5. The highest BCUT2D eigenvalue weighted by Crippen LogP contribution is 2.50. The molecule has 0 aliphatic rings. The molecule has 0 N–H and O–H groups in total. The lowest BCUT2D eigenvalue weighted by molar-refractivity contribution is 0.673. The van der Waals surface area contributed by atoms with Crippen LogP contribution in [-0.2, 0) is 0 Å². The van der Waals surface area contributed by atoms with Crippen LogP contribution in [0.1, 0.15) is 0 Å². The van der Waals surface area contributed by atoms with E-state index < -0.39 is 0 Å². The minimum Gasteiger partial charge on any atom is -0.455 e. The molecule has 4 aromatic carbocycles. The summed E-state index contributed by atoms with van der Waals surface area (Å²) in [5.74, 6) is 0. The molecule has 4 aromatic heterocycles. The molecule has 0 aliphatic heterocycles. The number of nitrogens with zero attached hydrogens (tertiary/aromatic N) is 2. The van der Waals surface area contributed by atoms with Gasteiger partial charge in [-0.1, -0.05) is 54.6 Å². The number of pyridine rings is 1. The lowest BCUT2D eigenvalue weighted by atomic mass is 10.0. The largest absolute Gasteiger partial charge is 0.455 e. The lowest BCUT2D eigenvalue weighted by Gasteiger charge is -2.08. The van der Waals surface area contributed by atoms with Crippen LogP contribution in [0.2, 0.25) is 0 Å². The summed E-state index contributed by atoms with van der Waals surface area (Å²) in [4.78, 5) is 4.27. The Balaban J connectivity index is 1.80. The van der Waals surface area contributed by atoms with E-state index in [1.165, 1.54) is 47.4 Å². The number of fused-ring (bicyclic) bond motifs is 12. The van der Waals surface area contributed by atoms with Crippen molar-refractivity contribution in [1.82, 2.24) is 9.55 Å². The first-order valence-corrected chi connectivity index (χ1v) is 11.8. The molecule has 4 heterocycles. The molecule has 4 heteroatoms. The van der Waals surface area contributed by atoms with E-state index >= 15 is 0 Å². The van der Waals surface area contributed by atoms with Gasteiger partial charge in [-0.25, -0.2) is 0 Å². The van der Waals surface area contributed by atoms with Crippen molar-refractivity contribution in [3.63, 3.8) is 0 Å². The zero-order valence-corrected chi connectivity index (χ0v) is 18.3.